The van der Waals surface area contributed by atoms with Crippen molar-refractivity contribution < 1.29 is 31.2 Å². The highest BCUT2D eigenvalue weighted by atomic mass is 32.2. The number of esters is 1. The number of ether oxygens (including phenoxy) is 1. The van der Waals surface area contributed by atoms with Gasteiger partial charge in [-0.3, -0.25) is 4.79 Å². The first kappa shape index (κ1) is 19.3. The van der Waals surface area contributed by atoms with Crippen LogP contribution >= 0.6 is 0 Å². The van der Waals surface area contributed by atoms with Gasteiger partial charge in [-0.2, -0.15) is 0 Å². The van der Waals surface area contributed by atoms with E-state index in [-0.39, 0.29) is 47.3 Å². The van der Waals surface area contributed by atoms with Crippen molar-refractivity contribution in [3.05, 3.63) is 53.8 Å². The van der Waals surface area contributed by atoms with Crippen molar-refractivity contribution in [1.29, 1.82) is 0 Å². The molecule has 0 saturated carbocycles. The topological polar surface area (TPSA) is 130 Å². The molecule has 3 aliphatic rings. The first-order valence-electron chi connectivity index (χ1n) is 8.51. The molecule has 3 heterocycles. The molecule has 12 heteroatoms. The number of fused-ring (bicyclic) bond motifs is 2. The standard InChI is InChI=1S/C17H15N3O7S2/c21-16-13-3-1-2-4-14(13)29(25,26)20(16)7-9-27-17(22)12-5-6-15-18-28(23,24)10-8-19(15)11-12/h1-6,11H,7-10H2. The molecular formula is C17H15N3O7S2. The van der Waals surface area contributed by atoms with Crippen molar-refractivity contribution in [3.63, 3.8) is 0 Å². The zero-order valence-electron chi connectivity index (χ0n) is 14.9. The maximum absolute atomic E-state index is 12.5. The van der Waals surface area contributed by atoms with Crippen LogP contribution in [0.3, 0.4) is 0 Å². The summed E-state index contributed by atoms with van der Waals surface area (Å²) in [5.41, 5.74) is 0.241. The molecule has 1 amide bonds. The molecule has 4 rings (SSSR count). The van der Waals surface area contributed by atoms with Gasteiger partial charge in [0.25, 0.3) is 26.0 Å². The Morgan fingerprint density at radius 2 is 1.90 bits per heavy atom. The van der Waals surface area contributed by atoms with Gasteiger partial charge >= 0.3 is 5.97 Å². The first-order valence-corrected chi connectivity index (χ1v) is 11.6. The summed E-state index contributed by atoms with van der Waals surface area (Å²) in [6, 6.07) is 5.88. The summed E-state index contributed by atoms with van der Waals surface area (Å²) in [5.74, 6) is -1.35. The summed E-state index contributed by atoms with van der Waals surface area (Å²) in [6.45, 7) is -0.480. The minimum Gasteiger partial charge on any atom is -0.460 e. The molecule has 10 nitrogen and oxygen atoms in total. The van der Waals surface area contributed by atoms with Gasteiger partial charge in [0, 0.05) is 12.7 Å². The average molecular weight is 437 g/mol. The first-order chi connectivity index (χ1) is 13.7. The van der Waals surface area contributed by atoms with E-state index >= 15 is 0 Å². The number of nitrogens with zero attached hydrogens (tertiary/aromatic N) is 3. The Hall–Kier alpha value is -2.99. The fourth-order valence-corrected chi connectivity index (χ4v) is 5.60. The van der Waals surface area contributed by atoms with Gasteiger partial charge in [0.15, 0.2) is 0 Å². The number of amidine groups is 1. The van der Waals surface area contributed by atoms with Gasteiger partial charge in [-0.15, -0.1) is 4.40 Å². The van der Waals surface area contributed by atoms with Crippen LogP contribution in [0.1, 0.15) is 10.4 Å². The number of carbonyl (C=O) groups is 2. The number of rotatable bonds is 4. The van der Waals surface area contributed by atoms with Crippen molar-refractivity contribution in [3.8, 4) is 0 Å². The van der Waals surface area contributed by atoms with E-state index in [1.165, 1.54) is 41.5 Å². The smallest absolute Gasteiger partial charge is 0.339 e. The Labute approximate surface area is 166 Å². The van der Waals surface area contributed by atoms with Gasteiger partial charge in [0.05, 0.1) is 23.4 Å². The molecular weight excluding hydrogens is 422 g/mol. The van der Waals surface area contributed by atoms with E-state index < -0.39 is 31.9 Å². The Kier molecular flexibility index (Phi) is 4.54. The van der Waals surface area contributed by atoms with Crippen LogP contribution in [-0.2, 0) is 29.6 Å². The SMILES string of the molecule is O=C(OCCN1C(=O)c2ccccc2S1(=O)=O)C1=CN2CCS(=O)(=O)N=C2C=C1. The van der Waals surface area contributed by atoms with Crippen LogP contribution in [0, 0.1) is 0 Å². The van der Waals surface area contributed by atoms with Crippen LogP contribution in [0.2, 0.25) is 0 Å². The maximum Gasteiger partial charge on any atom is 0.339 e. The highest BCUT2D eigenvalue weighted by Gasteiger charge is 2.40. The third-order valence-electron chi connectivity index (χ3n) is 4.50. The van der Waals surface area contributed by atoms with Gasteiger partial charge < -0.3 is 9.64 Å². The molecule has 0 aromatic heterocycles. The Morgan fingerprint density at radius 3 is 2.66 bits per heavy atom. The molecule has 0 radical (unpaired) electrons. The van der Waals surface area contributed by atoms with Crippen molar-refractivity contribution in [2.45, 2.75) is 4.90 Å². The summed E-state index contributed by atoms with van der Waals surface area (Å²) in [7, 11) is -7.46. The molecule has 0 fully saturated rings. The zero-order valence-corrected chi connectivity index (χ0v) is 16.5. The predicted molar refractivity (Wildman–Crippen MR) is 101 cm³/mol. The second-order valence-electron chi connectivity index (χ2n) is 6.36. The second-order valence-corrected chi connectivity index (χ2v) is 9.95. The van der Waals surface area contributed by atoms with Crippen LogP contribution in [0.5, 0.6) is 0 Å². The second kappa shape index (κ2) is 6.81. The highest BCUT2D eigenvalue weighted by molar-refractivity contribution is 7.90. The minimum atomic E-state index is -3.96. The normalized spacial score (nSPS) is 21.2. The molecule has 152 valence electrons. The number of amides is 1. The Morgan fingerprint density at radius 1 is 1.14 bits per heavy atom. The summed E-state index contributed by atoms with van der Waals surface area (Å²) in [5, 5.41) is 0. The van der Waals surface area contributed by atoms with Gasteiger partial charge in [0.2, 0.25) is 0 Å². The van der Waals surface area contributed by atoms with E-state index in [1.807, 2.05) is 0 Å². The third kappa shape index (κ3) is 3.44. The van der Waals surface area contributed by atoms with Crippen molar-refractivity contribution in [1.82, 2.24) is 9.21 Å². The molecule has 29 heavy (non-hydrogen) atoms. The summed E-state index contributed by atoms with van der Waals surface area (Å²) in [4.78, 5) is 26.0. The van der Waals surface area contributed by atoms with Gasteiger partial charge in [-0.05, 0) is 24.3 Å². The maximum atomic E-state index is 12.5. The summed E-state index contributed by atoms with van der Waals surface area (Å²) in [6.07, 6.45) is 4.17. The minimum absolute atomic E-state index is 0.0684. The molecule has 0 spiro atoms. The van der Waals surface area contributed by atoms with Crippen molar-refractivity contribution >= 4 is 37.8 Å². The molecule has 0 unspecified atom stereocenters. The molecule has 0 bridgehead atoms. The van der Waals surface area contributed by atoms with Crippen LogP contribution in [0.25, 0.3) is 0 Å². The largest absolute Gasteiger partial charge is 0.460 e. The monoisotopic (exact) mass is 437 g/mol. The molecule has 3 aliphatic heterocycles. The van der Waals surface area contributed by atoms with E-state index in [4.69, 9.17) is 4.74 Å². The molecule has 0 atom stereocenters. The highest BCUT2D eigenvalue weighted by Crippen LogP contribution is 2.29. The molecule has 0 N–H and O–H groups in total. The average Bonchev–Trinajstić information content (AvgIpc) is 2.87. The zero-order chi connectivity index (χ0) is 20.8. The Bertz CT molecular complexity index is 1210. The number of sulfonamides is 2. The van der Waals surface area contributed by atoms with Gasteiger partial charge in [-0.25, -0.2) is 25.9 Å². The third-order valence-corrected chi connectivity index (χ3v) is 7.50. The lowest BCUT2D eigenvalue weighted by Gasteiger charge is -2.26. The van der Waals surface area contributed by atoms with E-state index in [1.54, 1.807) is 6.07 Å². The predicted octanol–water partition coefficient (Wildman–Crippen LogP) is -0.128. The van der Waals surface area contributed by atoms with Crippen LogP contribution < -0.4 is 0 Å². The van der Waals surface area contributed by atoms with E-state index in [0.29, 0.717) is 4.31 Å². The summed E-state index contributed by atoms with van der Waals surface area (Å²) < 4.78 is 57.3. The number of benzene rings is 1. The molecule has 1 aromatic rings. The quantitative estimate of drug-likeness (QED) is 0.596. The molecule has 0 aliphatic carbocycles. The van der Waals surface area contributed by atoms with E-state index in [0.717, 1.165) is 0 Å². The lowest BCUT2D eigenvalue weighted by Crippen LogP contribution is -2.37. The molecule has 1 aromatic carbocycles. The summed E-state index contributed by atoms with van der Waals surface area (Å²) >= 11 is 0. The fraction of sp³-hybridized carbons (Fsp3) is 0.235. The molecule has 0 saturated heterocycles. The Balaban J connectivity index is 1.40. The van der Waals surface area contributed by atoms with Crippen molar-refractivity contribution in [2.24, 2.45) is 4.40 Å². The number of carbonyl (C=O) groups excluding carboxylic acids is 2. The lowest BCUT2D eigenvalue weighted by molar-refractivity contribution is -0.138. The number of hydrogen-bond acceptors (Lipinski definition) is 8. The number of hydrogen-bond donors (Lipinski definition) is 0. The van der Waals surface area contributed by atoms with E-state index in [2.05, 4.69) is 4.40 Å². The fourth-order valence-electron chi connectivity index (χ4n) is 3.08. The van der Waals surface area contributed by atoms with E-state index in [9.17, 15) is 26.4 Å². The van der Waals surface area contributed by atoms with Gasteiger partial charge in [0.1, 0.15) is 17.3 Å². The lowest BCUT2D eigenvalue weighted by atomic mass is 10.2. The van der Waals surface area contributed by atoms with Crippen LogP contribution in [0.15, 0.2) is 57.5 Å². The van der Waals surface area contributed by atoms with Gasteiger partial charge in [-0.1, -0.05) is 12.1 Å². The van der Waals surface area contributed by atoms with Crippen LogP contribution in [-0.4, -0.2) is 69.2 Å². The van der Waals surface area contributed by atoms with Crippen LogP contribution in [0.4, 0.5) is 0 Å². The van der Waals surface area contributed by atoms with Crippen molar-refractivity contribution in [2.75, 3.05) is 25.4 Å².